The van der Waals surface area contributed by atoms with Gasteiger partial charge >= 0.3 is 0 Å². The van der Waals surface area contributed by atoms with E-state index in [0.717, 1.165) is 11.2 Å². The molecular formula is C14H16N4. The molecular weight excluding hydrogens is 224 g/mol. The van der Waals surface area contributed by atoms with Crippen LogP contribution in [0.3, 0.4) is 0 Å². The molecule has 0 aromatic carbocycles. The monoisotopic (exact) mass is 240 g/mol. The van der Waals surface area contributed by atoms with Gasteiger partial charge < -0.3 is 5.32 Å². The molecule has 2 heterocycles. The summed E-state index contributed by atoms with van der Waals surface area (Å²) in [4.78, 5) is 3.58. The van der Waals surface area contributed by atoms with Crippen molar-refractivity contribution in [3.8, 4) is 0 Å². The third-order valence-electron chi connectivity index (χ3n) is 3.62. The van der Waals surface area contributed by atoms with Crippen LogP contribution in [0.2, 0.25) is 0 Å². The fourth-order valence-corrected chi connectivity index (χ4v) is 2.67. The van der Waals surface area contributed by atoms with Crippen molar-refractivity contribution in [1.82, 2.24) is 9.61 Å². The van der Waals surface area contributed by atoms with E-state index in [9.17, 15) is 0 Å². The standard InChI is InChI=1S/C14H16N4/c1-15-12-10-16-18-9-5-8-13(18)14(12)17-11-6-3-2-4-7-11/h5,8-11,17H,2-4,6-7H2. The van der Waals surface area contributed by atoms with Crippen molar-refractivity contribution in [3.05, 3.63) is 35.9 Å². The Morgan fingerprint density at radius 2 is 2.17 bits per heavy atom. The summed E-state index contributed by atoms with van der Waals surface area (Å²) in [5.41, 5.74) is 2.55. The fourth-order valence-electron chi connectivity index (χ4n) is 2.67. The summed E-state index contributed by atoms with van der Waals surface area (Å²) in [5.74, 6) is 0. The first kappa shape index (κ1) is 11.1. The van der Waals surface area contributed by atoms with Crippen LogP contribution in [0.5, 0.6) is 0 Å². The minimum atomic E-state index is 0.500. The van der Waals surface area contributed by atoms with E-state index in [0.29, 0.717) is 11.7 Å². The molecule has 1 N–H and O–H groups in total. The average molecular weight is 240 g/mol. The van der Waals surface area contributed by atoms with Crippen molar-refractivity contribution in [2.45, 2.75) is 38.1 Å². The quantitative estimate of drug-likeness (QED) is 0.813. The van der Waals surface area contributed by atoms with Crippen LogP contribution < -0.4 is 5.32 Å². The average Bonchev–Trinajstić information content (AvgIpc) is 2.89. The molecule has 0 bridgehead atoms. The van der Waals surface area contributed by atoms with Crippen molar-refractivity contribution in [3.63, 3.8) is 0 Å². The predicted molar refractivity (Wildman–Crippen MR) is 71.9 cm³/mol. The Bertz CT molecular complexity index is 587. The third kappa shape index (κ3) is 1.92. The van der Waals surface area contributed by atoms with Crippen LogP contribution >= 0.6 is 0 Å². The van der Waals surface area contributed by atoms with Crippen molar-refractivity contribution in [2.24, 2.45) is 0 Å². The molecule has 4 nitrogen and oxygen atoms in total. The highest BCUT2D eigenvalue weighted by Crippen LogP contribution is 2.31. The molecule has 3 rings (SSSR count). The molecule has 2 aromatic rings. The lowest BCUT2D eigenvalue weighted by Gasteiger charge is -2.24. The van der Waals surface area contributed by atoms with E-state index < -0.39 is 0 Å². The van der Waals surface area contributed by atoms with E-state index in [1.807, 2.05) is 22.8 Å². The molecule has 0 amide bonds. The topological polar surface area (TPSA) is 33.7 Å². The second-order valence-electron chi connectivity index (χ2n) is 4.83. The van der Waals surface area contributed by atoms with Crippen LogP contribution in [0.4, 0.5) is 11.4 Å². The number of hydrogen-bond acceptors (Lipinski definition) is 2. The minimum Gasteiger partial charge on any atom is -0.389 e. The van der Waals surface area contributed by atoms with Gasteiger partial charge in [-0.1, -0.05) is 19.3 Å². The number of aromatic nitrogens is 2. The van der Waals surface area contributed by atoms with Gasteiger partial charge in [-0.3, -0.25) is 0 Å². The molecule has 1 fully saturated rings. The van der Waals surface area contributed by atoms with Crippen molar-refractivity contribution in [1.29, 1.82) is 0 Å². The molecule has 2 aromatic heterocycles. The zero-order valence-electron chi connectivity index (χ0n) is 10.3. The largest absolute Gasteiger partial charge is 0.389 e. The van der Waals surface area contributed by atoms with E-state index in [4.69, 9.17) is 6.57 Å². The van der Waals surface area contributed by atoms with Crippen LogP contribution in [0, 0.1) is 6.57 Å². The lowest BCUT2D eigenvalue weighted by molar-refractivity contribution is 0.463. The molecule has 92 valence electrons. The highest BCUT2D eigenvalue weighted by atomic mass is 15.2. The normalized spacial score (nSPS) is 16.6. The fraction of sp³-hybridized carbons (Fsp3) is 0.429. The Morgan fingerprint density at radius 1 is 1.33 bits per heavy atom. The first-order valence-corrected chi connectivity index (χ1v) is 6.49. The maximum atomic E-state index is 7.27. The summed E-state index contributed by atoms with van der Waals surface area (Å²) >= 11 is 0. The highest BCUT2D eigenvalue weighted by molar-refractivity contribution is 5.84. The Kier molecular flexibility index (Phi) is 2.89. The Balaban J connectivity index is 1.97. The highest BCUT2D eigenvalue weighted by Gasteiger charge is 2.16. The van der Waals surface area contributed by atoms with Crippen LogP contribution in [0.25, 0.3) is 10.4 Å². The molecule has 4 heteroatoms. The number of hydrogen-bond donors (Lipinski definition) is 1. The van der Waals surface area contributed by atoms with Crippen molar-refractivity contribution >= 4 is 16.9 Å². The number of fused-ring (bicyclic) bond motifs is 1. The first-order valence-electron chi connectivity index (χ1n) is 6.49. The first-order chi connectivity index (χ1) is 8.88. The molecule has 1 aliphatic carbocycles. The summed E-state index contributed by atoms with van der Waals surface area (Å²) in [6.07, 6.45) is 9.87. The Morgan fingerprint density at radius 3 is 2.94 bits per heavy atom. The molecule has 0 aliphatic heterocycles. The van der Waals surface area contributed by atoms with Gasteiger partial charge in [0.15, 0.2) is 0 Å². The van der Waals surface area contributed by atoms with Gasteiger partial charge in [0.2, 0.25) is 5.69 Å². The summed E-state index contributed by atoms with van der Waals surface area (Å²) in [6.45, 7) is 7.27. The van der Waals surface area contributed by atoms with Crippen molar-refractivity contribution < 1.29 is 0 Å². The Labute approximate surface area is 106 Å². The predicted octanol–water partition coefficient (Wildman–Crippen LogP) is 3.63. The maximum absolute atomic E-state index is 7.27. The zero-order chi connectivity index (χ0) is 12.4. The molecule has 0 radical (unpaired) electrons. The van der Waals surface area contributed by atoms with Gasteiger partial charge in [-0.15, -0.1) is 0 Å². The van der Waals surface area contributed by atoms with Gasteiger partial charge in [0, 0.05) is 12.2 Å². The van der Waals surface area contributed by atoms with E-state index in [1.54, 1.807) is 6.20 Å². The summed E-state index contributed by atoms with van der Waals surface area (Å²) in [6, 6.07) is 4.47. The summed E-state index contributed by atoms with van der Waals surface area (Å²) in [5, 5.41) is 7.78. The van der Waals surface area contributed by atoms with E-state index in [1.165, 1.54) is 32.1 Å². The molecule has 0 unspecified atom stereocenters. The number of nitrogens with zero attached hydrogens (tertiary/aromatic N) is 3. The van der Waals surface area contributed by atoms with E-state index in [-0.39, 0.29) is 0 Å². The van der Waals surface area contributed by atoms with Gasteiger partial charge in [0.25, 0.3) is 0 Å². The molecule has 0 saturated heterocycles. The molecule has 1 aliphatic rings. The van der Waals surface area contributed by atoms with Crippen LogP contribution in [-0.2, 0) is 0 Å². The lowest BCUT2D eigenvalue weighted by Crippen LogP contribution is -2.22. The lowest BCUT2D eigenvalue weighted by atomic mass is 9.95. The molecule has 18 heavy (non-hydrogen) atoms. The van der Waals surface area contributed by atoms with Gasteiger partial charge in [-0.25, -0.2) is 9.36 Å². The summed E-state index contributed by atoms with van der Waals surface area (Å²) < 4.78 is 1.82. The van der Waals surface area contributed by atoms with Gasteiger partial charge in [0.05, 0.1) is 24.0 Å². The summed E-state index contributed by atoms with van der Waals surface area (Å²) in [7, 11) is 0. The van der Waals surface area contributed by atoms with Crippen LogP contribution in [-0.4, -0.2) is 15.7 Å². The van der Waals surface area contributed by atoms with Crippen LogP contribution in [0.15, 0.2) is 24.5 Å². The number of anilines is 1. The maximum Gasteiger partial charge on any atom is 0.231 e. The molecule has 0 spiro atoms. The minimum absolute atomic E-state index is 0.500. The second-order valence-corrected chi connectivity index (χ2v) is 4.83. The third-order valence-corrected chi connectivity index (χ3v) is 3.62. The second kappa shape index (κ2) is 4.69. The van der Waals surface area contributed by atoms with E-state index >= 15 is 0 Å². The number of nitrogens with one attached hydrogen (secondary N) is 1. The SMILES string of the molecule is [C-]#[N+]c1cnn2cccc2c1NC1CCCCC1. The number of rotatable bonds is 2. The smallest absolute Gasteiger partial charge is 0.231 e. The van der Waals surface area contributed by atoms with Crippen LogP contribution in [0.1, 0.15) is 32.1 Å². The zero-order valence-corrected chi connectivity index (χ0v) is 10.3. The molecule has 1 saturated carbocycles. The molecule has 0 atom stereocenters. The van der Waals surface area contributed by atoms with Gasteiger partial charge in [-0.2, -0.15) is 5.10 Å². The van der Waals surface area contributed by atoms with Gasteiger partial charge in [-0.05, 0) is 25.0 Å². The Hall–Kier alpha value is -2.02. The van der Waals surface area contributed by atoms with Crippen molar-refractivity contribution in [2.75, 3.05) is 5.32 Å². The van der Waals surface area contributed by atoms with E-state index in [2.05, 4.69) is 15.3 Å². The van der Waals surface area contributed by atoms with Gasteiger partial charge in [0.1, 0.15) is 0 Å².